The highest BCUT2D eigenvalue weighted by Crippen LogP contribution is 2.43. The number of amides is 2. The van der Waals surface area contributed by atoms with E-state index < -0.39 is 11.7 Å². The number of rotatable bonds is 5. The van der Waals surface area contributed by atoms with Gasteiger partial charge in [-0.25, -0.2) is 0 Å². The van der Waals surface area contributed by atoms with Gasteiger partial charge in [0.05, 0.1) is 11.3 Å². The van der Waals surface area contributed by atoms with Crippen molar-refractivity contribution in [2.75, 3.05) is 16.0 Å². The molecule has 2 amide bonds. The maximum atomic E-state index is 12.8. The van der Waals surface area contributed by atoms with Gasteiger partial charge < -0.3 is 5.32 Å². The summed E-state index contributed by atoms with van der Waals surface area (Å²) in [6.45, 7) is 3.91. The van der Waals surface area contributed by atoms with Crippen molar-refractivity contribution in [1.29, 1.82) is 0 Å². The topological polar surface area (TPSA) is 49.4 Å². The number of hydrogen-bond donors (Lipinski definition) is 1. The zero-order valence-electron chi connectivity index (χ0n) is 16.0. The molecule has 2 aromatic carbocycles. The van der Waals surface area contributed by atoms with Crippen LogP contribution in [-0.2, 0) is 15.8 Å². The third-order valence-electron chi connectivity index (χ3n) is 4.39. The zero-order chi connectivity index (χ0) is 21.2. The van der Waals surface area contributed by atoms with Gasteiger partial charge in [-0.3, -0.25) is 14.5 Å². The van der Waals surface area contributed by atoms with Crippen molar-refractivity contribution in [2.45, 2.75) is 31.8 Å². The molecule has 0 unspecified atom stereocenters. The first-order valence-electron chi connectivity index (χ1n) is 9.16. The van der Waals surface area contributed by atoms with Gasteiger partial charge in [-0.2, -0.15) is 13.2 Å². The maximum absolute atomic E-state index is 12.8. The highest BCUT2D eigenvalue weighted by molar-refractivity contribution is 8.00. The second-order valence-electron chi connectivity index (χ2n) is 7.24. The predicted molar refractivity (Wildman–Crippen MR) is 109 cm³/mol. The molecule has 2 aromatic rings. The summed E-state index contributed by atoms with van der Waals surface area (Å²) < 4.78 is 38.5. The summed E-state index contributed by atoms with van der Waals surface area (Å²) in [5.41, 5.74) is 1.07. The van der Waals surface area contributed by atoms with Gasteiger partial charge in [0.15, 0.2) is 0 Å². The fourth-order valence-corrected chi connectivity index (χ4v) is 4.28. The second-order valence-corrected chi connectivity index (χ2v) is 8.31. The quantitative estimate of drug-likeness (QED) is 0.695. The van der Waals surface area contributed by atoms with Crippen LogP contribution in [0.2, 0.25) is 0 Å². The van der Waals surface area contributed by atoms with E-state index in [4.69, 9.17) is 0 Å². The number of benzene rings is 2. The van der Waals surface area contributed by atoms with Crippen LogP contribution in [0, 0.1) is 5.92 Å². The molecule has 1 heterocycles. The van der Waals surface area contributed by atoms with Crippen LogP contribution in [0.15, 0.2) is 48.5 Å². The Bertz CT molecular complexity index is 898. The average Bonchev–Trinajstić information content (AvgIpc) is 3.02. The van der Waals surface area contributed by atoms with Crippen LogP contribution < -0.4 is 10.2 Å². The van der Waals surface area contributed by atoms with Gasteiger partial charge in [0.2, 0.25) is 11.8 Å². The van der Waals surface area contributed by atoms with Gasteiger partial charge in [-0.05, 0) is 47.9 Å². The molecule has 1 saturated heterocycles. The van der Waals surface area contributed by atoms with Crippen molar-refractivity contribution in [2.24, 2.45) is 5.92 Å². The lowest BCUT2D eigenvalue weighted by Gasteiger charge is -2.25. The highest BCUT2D eigenvalue weighted by Gasteiger charge is 2.35. The number of carbonyl (C=O) groups is 2. The van der Waals surface area contributed by atoms with E-state index in [0.717, 1.165) is 17.7 Å². The molecule has 1 N–H and O–H groups in total. The van der Waals surface area contributed by atoms with E-state index in [2.05, 4.69) is 5.32 Å². The Morgan fingerprint density at radius 2 is 1.90 bits per heavy atom. The van der Waals surface area contributed by atoms with Crippen LogP contribution in [-0.4, -0.2) is 17.6 Å². The molecule has 8 heteroatoms. The summed E-state index contributed by atoms with van der Waals surface area (Å²) in [6, 6.07) is 11.8. The normalized spacial score (nSPS) is 17.1. The predicted octanol–water partition coefficient (Wildman–Crippen LogP) is 5.47. The lowest BCUT2D eigenvalue weighted by Crippen LogP contribution is -2.28. The molecule has 1 aliphatic heterocycles. The van der Waals surface area contributed by atoms with Gasteiger partial charge in [0, 0.05) is 17.8 Å². The van der Waals surface area contributed by atoms with Crippen LogP contribution >= 0.6 is 11.8 Å². The summed E-state index contributed by atoms with van der Waals surface area (Å²) in [5, 5.41) is 2.48. The summed E-state index contributed by atoms with van der Waals surface area (Å²) in [4.78, 5) is 26.0. The molecule has 1 fully saturated rings. The Balaban J connectivity index is 1.83. The van der Waals surface area contributed by atoms with Crippen LogP contribution in [0.25, 0.3) is 0 Å². The zero-order valence-corrected chi connectivity index (χ0v) is 16.8. The molecule has 0 bridgehead atoms. The van der Waals surface area contributed by atoms with Crippen molar-refractivity contribution in [3.63, 3.8) is 0 Å². The Hall–Kier alpha value is -2.48. The Labute approximate surface area is 171 Å². The SMILES string of the molecule is CC(C)CC(=O)Nc1cccc([C@@H]2SCC(=O)N2c2ccc(C(F)(F)F)cc2)c1. The largest absolute Gasteiger partial charge is 0.416 e. The fraction of sp³-hybridized carbons (Fsp3) is 0.333. The molecular weight excluding hydrogens is 401 g/mol. The van der Waals surface area contributed by atoms with Gasteiger partial charge in [-0.1, -0.05) is 26.0 Å². The minimum absolute atomic E-state index is 0.0908. The number of hydrogen-bond acceptors (Lipinski definition) is 3. The molecule has 0 aromatic heterocycles. The van der Waals surface area contributed by atoms with Crippen LogP contribution in [0.3, 0.4) is 0 Å². The van der Waals surface area contributed by atoms with E-state index in [-0.39, 0.29) is 28.9 Å². The van der Waals surface area contributed by atoms with Crippen molar-refractivity contribution in [1.82, 2.24) is 0 Å². The van der Waals surface area contributed by atoms with E-state index in [1.165, 1.54) is 28.8 Å². The minimum Gasteiger partial charge on any atom is -0.326 e. The lowest BCUT2D eigenvalue weighted by molar-refractivity contribution is -0.137. The first-order valence-corrected chi connectivity index (χ1v) is 10.2. The minimum atomic E-state index is -4.43. The molecule has 4 nitrogen and oxygen atoms in total. The third-order valence-corrected chi connectivity index (χ3v) is 5.60. The van der Waals surface area contributed by atoms with Gasteiger partial charge in [0.25, 0.3) is 0 Å². The number of anilines is 2. The van der Waals surface area contributed by atoms with Gasteiger partial charge >= 0.3 is 6.18 Å². The summed E-state index contributed by atoms with van der Waals surface area (Å²) in [7, 11) is 0. The molecule has 0 aliphatic carbocycles. The van der Waals surface area contributed by atoms with E-state index in [1.807, 2.05) is 19.9 Å². The summed E-state index contributed by atoms with van der Waals surface area (Å²) >= 11 is 1.40. The third kappa shape index (κ3) is 5.12. The van der Waals surface area contributed by atoms with Crippen LogP contribution in [0.4, 0.5) is 24.5 Å². The number of carbonyl (C=O) groups excluding carboxylic acids is 2. The second kappa shape index (κ2) is 8.49. The first-order chi connectivity index (χ1) is 13.6. The molecule has 154 valence electrons. The molecule has 0 radical (unpaired) electrons. The molecule has 0 saturated carbocycles. The monoisotopic (exact) mass is 422 g/mol. The lowest BCUT2D eigenvalue weighted by atomic mass is 10.1. The standard InChI is InChI=1S/C21H21F3N2O2S/c1-13(2)10-18(27)25-16-5-3-4-14(11-16)20-26(19(28)12-29-20)17-8-6-15(7-9-17)21(22,23)24/h3-9,11,13,20H,10,12H2,1-2H3,(H,25,27)/t20-/m0/s1. The molecule has 1 aliphatic rings. The van der Waals surface area contributed by atoms with Crippen molar-refractivity contribution in [3.8, 4) is 0 Å². The Kier molecular flexibility index (Phi) is 6.21. The van der Waals surface area contributed by atoms with Crippen molar-refractivity contribution < 1.29 is 22.8 Å². The number of thioether (sulfide) groups is 1. The molecule has 3 rings (SSSR count). The number of alkyl halides is 3. The molecular formula is C21H21F3N2O2S. The van der Waals surface area contributed by atoms with Crippen LogP contribution in [0.5, 0.6) is 0 Å². The fourth-order valence-electron chi connectivity index (χ4n) is 3.11. The highest BCUT2D eigenvalue weighted by atomic mass is 32.2. The Morgan fingerprint density at radius 3 is 2.52 bits per heavy atom. The number of nitrogens with zero attached hydrogens (tertiary/aromatic N) is 1. The number of nitrogens with one attached hydrogen (secondary N) is 1. The molecule has 1 atom stereocenters. The van der Waals surface area contributed by atoms with E-state index in [9.17, 15) is 22.8 Å². The van der Waals surface area contributed by atoms with Gasteiger partial charge in [0.1, 0.15) is 5.37 Å². The van der Waals surface area contributed by atoms with E-state index >= 15 is 0 Å². The molecule has 29 heavy (non-hydrogen) atoms. The van der Waals surface area contributed by atoms with Crippen molar-refractivity contribution >= 4 is 35.0 Å². The smallest absolute Gasteiger partial charge is 0.326 e. The van der Waals surface area contributed by atoms with Crippen molar-refractivity contribution in [3.05, 3.63) is 59.7 Å². The number of halogens is 3. The molecule has 0 spiro atoms. The Morgan fingerprint density at radius 1 is 1.21 bits per heavy atom. The van der Waals surface area contributed by atoms with Crippen LogP contribution in [0.1, 0.15) is 36.8 Å². The van der Waals surface area contributed by atoms with E-state index in [0.29, 0.717) is 17.8 Å². The maximum Gasteiger partial charge on any atom is 0.416 e. The summed E-state index contributed by atoms with van der Waals surface area (Å²) in [6.07, 6.45) is -4.03. The average molecular weight is 422 g/mol. The van der Waals surface area contributed by atoms with Gasteiger partial charge in [-0.15, -0.1) is 11.8 Å². The van der Waals surface area contributed by atoms with E-state index in [1.54, 1.807) is 18.2 Å². The summed E-state index contributed by atoms with van der Waals surface area (Å²) in [5.74, 6) is 0.201. The first kappa shape index (κ1) is 21.2.